The molecule has 3 heterocycles. The first-order valence-corrected chi connectivity index (χ1v) is 11.2. The number of hydrogen-bond acceptors (Lipinski definition) is 4. The molecule has 1 aromatic carbocycles. The van der Waals surface area contributed by atoms with E-state index in [1.165, 1.54) is 5.56 Å². The Hall–Kier alpha value is -3.19. The lowest BCUT2D eigenvalue weighted by Crippen LogP contribution is -2.35. The normalized spacial score (nSPS) is 18.0. The van der Waals surface area contributed by atoms with Crippen LogP contribution in [0.3, 0.4) is 0 Å². The number of esters is 1. The van der Waals surface area contributed by atoms with E-state index in [1.807, 2.05) is 48.2 Å². The third-order valence-corrected chi connectivity index (χ3v) is 6.47. The monoisotopic (exact) mass is 448 g/mol. The van der Waals surface area contributed by atoms with Crippen molar-refractivity contribution in [1.82, 2.24) is 19.8 Å². The molecule has 0 saturated carbocycles. The van der Waals surface area contributed by atoms with Crippen LogP contribution in [0.2, 0.25) is 0 Å². The fourth-order valence-electron chi connectivity index (χ4n) is 4.64. The maximum Gasteiger partial charge on any atom is 0.325 e. The van der Waals surface area contributed by atoms with Crippen molar-refractivity contribution in [3.63, 3.8) is 0 Å². The lowest BCUT2D eigenvalue weighted by Gasteiger charge is -2.28. The molecule has 1 fully saturated rings. The predicted octanol–water partition coefficient (Wildman–Crippen LogP) is 4.33. The topological polar surface area (TPSA) is 59.4 Å². The second kappa shape index (κ2) is 9.12. The van der Waals surface area contributed by atoms with E-state index in [4.69, 9.17) is 17.0 Å². The average Bonchev–Trinajstić information content (AvgIpc) is 3.22. The highest BCUT2D eigenvalue weighted by Crippen LogP contribution is 2.43. The predicted molar refractivity (Wildman–Crippen MR) is 129 cm³/mol. The Kier molecular flexibility index (Phi) is 6.28. The van der Waals surface area contributed by atoms with Crippen molar-refractivity contribution < 1.29 is 9.53 Å². The number of nitrogens with zero attached hydrogens (tertiary/aromatic N) is 3. The second-order valence-electron chi connectivity index (χ2n) is 7.94. The Bertz CT molecular complexity index is 1130. The number of benzene rings is 1. The summed E-state index contributed by atoms with van der Waals surface area (Å²) in [5, 5.41) is 3.95. The summed E-state index contributed by atoms with van der Waals surface area (Å²) >= 11 is 5.69. The summed E-state index contributed by atoms with van der Waals surface area (Å²) in [5.41, 5.74) is 6.61. The molecule has 166 valence electrons. The summed E-state index contributed by atoms with van der Waals surface area (Å²) in [5.74, 6) is -0.294. The van der Waals surface area contributed by atoms with Gasteiger partial charge >= 0.3 is 5.97 Å². The van der Waals surface area contributed by atoms with Crippen LogP contribution in [0.4, 0.5) is 0 Å². The van der Waals surface area contributed by atoms with Crippen molar-refractivity contribution in [2.45, 2.75) is 39.8 Å². The van der Waals surface area contributed by atoms with Gasteiger partial charge in [0, 0.05) is 28.8 Å². The molecule has 0 radical (unpaired) electrons. The molecule has 0 amide bonds. The second-order valence-corrected chi connectivity index (χ2v) is 8.33. The van der Waals surface area contributed by atoms with E-state index in [-0.39, 0.29) is 24.6 Å². The van der Waals surface area contributed by atoms with Gasteiger partial charge in [0.25, 0.3) is 0 Å². The SMILES string of the molecule is CCOC(=O)CN1C(=S)N[C@@H](c2ccccn2)[C@@H]1c1c(C)c(C)n(-c2ccccc2)c1C. The Morgan fingerprint density at radius 2 is 1.81 bits per heavy atom. The van der Waals surface area contributed by atoms with Gasteiger partial charge in [-0.1, -0.05) is 24.3 Å². The van der Waals surface area contributed by atoms with E-state index in [1.54, 1.807) is 6.20 Å². The third-order valence-electron chi connectivity index (χ3n) is 6.12. The average molecular weight is 449 g/mol. The highest BCUT2D eigenvalue weighted by Gasteiger charge is 2.43. The summed E-state index contributed by atoms with van der Waals surface area (Å²) in [6.07, 6.45) is 1.78. The number of para-hydroxylation sites is 1. The number of nitrogens with one attached hydrogen (secondary N) is 1. The molecule has 6 nitrogen and oxygen atoms in total. The zero-order valence-electron chi connectivity index (χ0n) is 18.8. The standard InChI is InChI=1S/C25H28N4O2S/c1-5-31-21(30)15-28-24(23(27-25(28)32)20-13-9-10-14-26-20)22-16(2)17(3)29(18(22)4)19-11-7-6-8-12-19/h6-14,23-24H,5,15H2,1-4H3,(H,27,32)/t23-,24-/m0/s1. The summed E-state index contributed by atoms with van der Waals surface area (Å²) in [4.78, 5) is 19.0. The summed E-state index contributed by atoms with van der Waals surface area (Å²) in [7, 11) is 0. The van der Waals surface area contributed by atoms with Crippen LogP contribution in [0.1, 0.15) is 47.2 Å². The van der Waals surface area contributed by atoms with Crippen LogP contribution in [0.5, 0.6) is 0 Å². The van der Waals surface area contributed by atoms with Crippen LogP contribution in [0.15, 0.2) is 54.7 Å². The Morgan fingerprint density at radius 1 is 1.09 bits per heavy atom. The molecule has 7 heteroatoms. The van der Waals surface area contributed by atoms with Crippen LogP contribution in [-0.2, 0) is 9.53 Å². The van der Waals surface area contributed by atoms with Crippen molar-refractivity contribution >= 4 is 23.3 Å². The zero-order chi connectivity index (χ0) is 22.8. The molecule has 3 aromatic rings. The largest absolute Gasteiger partial charge is 0.465 e. The van der Waals surface area contributed by atoms with Crippen molar-refractivity contribution in [3.8, 4) is 5.69 Å². The lowest BCUT2D eigenvalue weighted by molar-refractivity contribution is -0.143. The van der Waals surface area contributed by atoms with E-state index < -0.39 is 0 Å². The maximum atomic E-state index is 12.5. The number of hydrogen-bond donors (Lipinski definition) is 1. The number of thiocarbonyl (C=S) groups is 1. The Balaban J connectivity index is 1.86. The summed E-state index contributed by atoms with van der Waals surface area (Å²) in [6, 6.07) is 15.8. The first kappa shape index (κ1) is 22.0. The van der Waals surface area contributed by atoms with Gasteiger partial charge < -0.3 is 19.5 Å². The fourth-order valence-corrected chi connectivity index (χ4v) is 4.95. The minimum atomic E-state index is -0.294. The van der Waals surface area contributed by atoms with Crippen LogP contribution in [0, 0.1) is 20.8 Å². The molecular weight excluding hydrogens is 420 g/mol. The first-order chi connectivity index (χ1) is 15.4. The van der Waals surface area contributed by atoms with E-state index in [0.717, 1.165) is 28.3 Å². The molecule has 2 atom stereocenters. The van der Waals surface area contributed by atoms with Crippen LogP contribution >= 0.6 is 12.2 Å². The minimum absolute atomic E-state index is 0.0854. The van der Waals surface area contributed by atoms with E-state index in [0.29, 0.717) is 11.7 Å². The van der Waals surface area contributed by atoms with Crippen molar-refractivity contribution in [3.05, 3.63) is 82.9 Å². The number of ether oxygens (including phenoxy) is 1. The van der Waals surface area contributed by atoms with Gasteiger partial charge in [-0.05, 0) is 69.7 Å². The highest BCUT2D eigenvalue weighted by atomic mass is 32.1. The summed E-state index contributed by atoms with van der Waals surface area (Å²) < 4.78 is 7.52. The molecule has 1 N–H and O–H groups in total. The van der Waals surface area contributed by atoms with Crippen molar-refractivity contribution in [1.29, 1.82) is 0 Å². The molecule has 1 aliphatic rings. The van der Waals surface area contributed by atoms with Gasteiger partial charge in [0.2, 0.25) is 0 Å². The molecular formula is C25H28N4O2S. The molecule has 1 aliphatic heterocycles. The molecule has 2 aromatic heterocycles. The molecule has 4 rings (SSSR count). The third kappa shape index (κ3) is 3.88. The number of carbonyl (C=O) groups is 1. The van der Waals surface area contributed by atoms with Crippen molar-refractivity contribution in [2.24, 2.45) is 0 Å². The number of aromatic nitrogens is 2. The molecule has 0 spiro atoms. The van der Waals surface area contributed by atoms with Crippen LogP contribution in [0.25, 0.3) is 5.69 Å². The smallest absolute Gasteiger partial charge is 0.325 e. The van der Waals surface area contributed by atoms with E-state index >= 15 is 0 Å². The van der Waals surface area contributed by atoms with Crippen LogP contribution in [-0.4, -0.2) is 38.7 Å². The van der Waals surface area contributed by atoms with Gasteiger partial charge in [-0.15, -0.1) is 0 Å². The molecule has 0 bridgehead atoms. The summed E-state index contributed by atoms with van der Waals surface area (Å²) in [6.45, 7) is 8.62. The number of carbonyl (C=O) groups excluding carboxylic acids is 1. The zero-order valence-corrected chi connectivity index (χ0v) is 19.6. The van der Waals surface area contributed by atoms with Gasteiger partial charge in [-0.25, -0.2) is 0 Å². The Morgan fingerprint density at radius 3 is 2.47 bits per heavy atom. The van der Waals surface area contributed by atoms with Gasteiger partial charge in [-0.3, -0.25) is 9.78 Å². The molecule has 32 heavy (non-hydrogen) atoms. The minimum Gasteiger partial charge on any atom is -0.465 e. The molecule has 1 saturated heterocycles. The van der Waals surface area contributed by atoms with Crippen LogP contribution < -0.4 is 5.32 Å². The van der Waals surface area contributed by atoms with Crippen molar-refractivity contribution in [2.75, 3.05) is 13.2 Å². The maximum absolute atomic E-state index is 12.5. The lowest BCUT2D eigenvalue weighted by atomic mass is 9.93. The van der Waals surface area contributed by atoms with Gasteiger partial charge in [0.05, 0.1) is 24.4 Å². The van der Waals surface area contributed by atoms with Gasteiger partial charge in [0.15, 0.2) is 5.11 Å². The van der Waals surface area contributed by atoms with Gasteiger partial charge in [0.1, 0.15) is 6.54 Å². The molecule has 0 aliphatic carbocycles. The quantitative estimate of drug-likeness (QED) is 0.447. The van der Waals surface area contributed by atoms with E-state index in [9.17, 15) is 4.79 Å². The van der Waals surface area contributed by atoms with E-state index in [2.05, 4.69) is 47.8 Å². The fraction of sp³-hybridized carbons (Fsp3) is 0.320. The number of rotatable bonds is 6. The Labute approximate surface area is 194 Å². The number of pyridine rings is 1. The molecule has 0 unspecified atom stereocenters. The highest BCUT2D eigenvalue weighted by molar-refractivity contribution is 7.80. The van der Waals surface area contributed by atoms with Gasteiger partial charge in [-0.2, -0.15) is 0 Å². The first-order valence-electron chi connectivity index (χ1n) is 10.8.